The SMILES string of the molecule is C=C[C@@H](O[Si](C)(C)C(C)(C)C)[C@H]1OC(C)(C)O[C@H]1CO. The van der Waals surface area contributed by atoms with Gasteiger partial charge < -0.3 is 19.0 Å². The van der Waals surface area contributed by atoms with Gasteiger partial charge >= 0.3 is 0 Å². The van der Waals surface area contributed by atoms with Crippen molar-refractivity contribution in [2.45, 2.75) is 76.8 Å². The van der Waals surface area contributed by atoms with Crippen LogP contribution in [-0.4, -0.2) is 44.1 Å². The Morgan fingerprint density at radius 3 is 2.30 bits per heavy atom. The molecule has 4 nitrogen and oxygen atoms in total. The molecule has 1 aliphatic heterocycles. The fraction of sp³-hybridized carbons (Fsp3) is 0.867. The first kappa shape index (κ1) is 17.8. The molecule has 1 heterocycles. The molecule has 1 N–H and O–H groups in total. The second kappa shape index (κ2) is 5.89. The molecule has 0 bridgehead atoms. The summed E-state index contributed by atoms with van der Waals surface area (Å²) in [5.74, 6) is -0.698. The lowest BCUT2D eigenvalue weighted by molar-refractivity contribution is -0.153. The zero-order valence-corrected chi connectivity index (χ0v) is 14.9. The van der Waals surface area contributed by atoms with Gasteiger partial charge in [0.1, 0.15) is 12.2 Å². The van der Waals surface area contributed by atoms with Crippen molar-refractivity contribution in [3.63, 3.8) is 0 Å². The molecular weight excluding hydrogens is 272 g/mol. The quantitative estimate of drug-likeness (QED) is 0.626. The first-order chi connectivity index (χ1) is 8.93. The van der Waals surface area contributed by atoms with E-state index >= 15 is 0 Å². The number of aliphatic hydroxyl groups is 1. The summed E-state index contributed by atoms with van der Waals surface area (Å²) < 4.78 is 18.0. The molecule has 1 rings (SSSR count). The topological polar surface area (TPSA) is 47.9 Å². The van der Waals surface area contributed by atoms with Crippen molar-refractivity contribution in [1.29, 1.82) is 0 Å². The maximum Gasteiger partial charge on any atom is 0.193 e. The van der Waals surface area contributed by atoms with Crippen LogP contribution in [-0.2, 0) is 13.9 Å². The first-order valence-electron chi connectivity index (χ1n) is 7.20. The molecule has 0 spiro atoms. The van der Waals surface area contributed by atoms with Gasteiger partial charge in [0, 0.05) is 0 Å². The third-order valence-corrected chi connectivity index (χ3v) is 8.67. The van der Waals surface area contributed by atoms with Crippen LogP contribution in [0.3, 0.4) is 0 Å². The molecule has 1 fully saturated rings. The molecule has 0 amide bonds. The number of aliphatic hydroxyl groups excluding tert-OH is 1. The molecule has 5 heteroatoms. The summed E-state index contributed by atoms with van der Waals surface area (Å²) in [6.45, 7) is 18.4. The van der Waals surface area contributed by atoms with Crippen LogP contribution < -0.4 is 0 Å². The summed E-state index contributed by atoms with van der Waals surface area (Å²) in [4.78, 5) is 0. The van der Waals surface area contributed by atoms with E-state index in [1.807, 2.05) is 13.8 Å². The summed E-state index contributed by atoms with van der Waals surface area (Å²) in [5.41, 5.74) is 0. The van der Waals surface area contributed by atoms with Gasteiger partial charge in [-0.2, -0.15) is 0 Å². The van der Waals surface area contributed by atoms with E-state index < -0.39 is 14.1 Å². The first-order valence-corrected chi connectivity index (χ1v) is 10.1. The number of hydrogen-bond donors (Lipinski definition) is 1. The van der Waals surface area contributed by atoms with Crippen LogP contribution in [0.5, 0.6) is 0 Å². The van der Waals surface area contributed by atoms with Crippen LogP contribution in [0.4, 0.5) is 0 Å². The lowest BCUT2D eigenvalue weighted by Crippen LogP contribution is -2.49. The van der Waals surface area contributed by atoms with Crippen LogP contribution in [0.25, 0.3) is 0 Å². The molecule has 0 radical (unpaired) electrons. The molecule has 1 aliphatic rings. The minimum absolute atomic E-state index is 0.0840. The Hall–Kier alpha value is -0.203. The van der Waals surface area contributed by atoms with Crippen molar-refractivity contribution >= 4 is 8.32 Å². The van der Waals surface area contributed by atoms with Crippen molar-refractivity contribution in [3.8, 4) is 0 Å². The van der Waals surface area contributed by atoms with E-state index in [2.05, 4.69) is 40.4 Å². The summed E-state index contributed by atoms with van der Waals surface area (Å²) in [6, 6.07) is 0. The van der Waals surface area contributed by atoms with Crippen LogP contribution in [0.15, 0.2) is 12.7 Å². The van der Waals surface area contributed by atoms with E-state index in [0.29, 0.717) is 0 Å². The molecule has 0 aliphatic carbocycles. The molecule has 0 unspecified atom stereocenters. The van der Waals surface area contributed by atoms with Crippen LogP contribution >= 0.6 is 0 Å². The average molecular weight is 302 g/mol. The minimum atomic E-state index is -1.93. The third kappa shape index (κ3) is 3.92. The number of ether oxygens (including phenoxy) is 2. The van der Waals surface area contributed by atoms with Crippen LogP contribution in [0.2, 0.25) is 18.1 Å². The van der Waals surface area contributed by atoms with Crippen LogP contribution in [0.1, 0.15) is 34.6 Å². The second-order valence-electron chi connectivity index (χ2n) is 7.40. The highest BCUT2D eigenvalue weighted by Gasteiger charge is 2.47. The van der Waals surface area contributed by atoms with Crippen molar-refractivity contribution in [1.82, 2.24) is 0 Å². The van der Waals surface area contributed by atoms with Gasteiger partial charge in [0.05, 0.1) is 12.7 Å². The average Bonchev–Trinajstić information content (AvgIpc) is 2.60. The molecular formula is C15H30O4Si. The summed E-state index contributed by atoms with van der Waals surface area (Å²) >= 11 is 0. The lowest BCUT2D eigenvalue weighted by atomic mass is 10.1. The normalized spacial score (nSPS) is 28.4. The standard InChI is InChI=1S/C15H30O4Si/c1-9-11(19-20(7,8)14(2,3)4)13-12(10-16)17-15(5,6)18-13/h9,11-13,16H,1,10H2,2-8H3/t11-,12+,13-/m1/s1. The Bertz CT molecular complexity index is 346. The van der Waals surface area contributed by atoms with Gasteiger partial charge in [-0.05, 0) is 32.0 Å². The number of hydrogen-bond acceptors (Lipinski definition) is 4. The van der Waals surface area contributed by atoms with Gasteiger partial charge in [0.2, 0.25) is 0 Å². The molecule has 0 aromatic rings. The predicted molar refractivity (Wildman–Crippen MR) is 83.2 cm³/mol. The fourth-order valence-corrected chi connectivity index (χ4v) is 3.31. The highest BCUT2D eigenvalue weighted by atomic mass is 28.4. The zero-order chi connectivity index (χ0) is 15.8. The maximum absolute atomic E-state index is 9.49. The van der Waals surface area contributed by atoms with Crippen molar-refractivity contribution in [2.75, 3.05) is 6.61 Å². The van der Waals surface area contributed by atoms with Gasteiger partial charge in [0.15, 0.2) is 14.1 Å². The monoisotopic (exact) mass is 302 g/mol. The Kier molecular flexibility index (Phi) is 5.25. The minimum Gasteiger partial charge on any atom is -0.408 e. The smallest absolute Gasteiger partial charge is 0.193 e. The Labute approximate surface area is 124 Å². The van der Waals surface area contributed by atoms with Gasteiger partial charge in [-0.15, -0.1) is 6.58 Å². The molecule has 1 saturated heterocycles. The summed E-state index contributed by atoms with van der Waals surface area (Å²) in [7, 11) is -1.93. The Morgan fingerprint density at radius 2 is 1.90 bits per heavy atom. The highest BCUT2D eigenvalue weighted by molar-refractivity contribution is 6.74. The van der Waals surface area contributed by atoms with Gasteiger partial charge in [0.25, 0.3) is 0 Å². The molecule has 20 heavy (non-hydrogen) atoms. The molecule has 0 aromatic heterocycles. The van der Waals surface area contributed by atoms with Crippen molar-refractivity contribution in [2.24, 2.45) is 0 Å². The molecule has 3 atom stereocenters. The number of rotatable bonds is 5. The molecule has 0 aromatic carbocycles. The lowest BCUT2D eigenvalue weighted by Gasteiger charge is -2.40. The van der Waals surface area contributed by atoms with Gasteiger partial charge in [-0.25, -0.2) is 0 Å². The second-order valence-corrected chi connectivity index (χ2v) is 12.2. The maximum atomic E-state index is 9.49. The van der Waals surface area contributed by atoms with Gasteiger partial charge in [-0.3, -0.25) is 0 Å². The van der Waals surface area contributed by atoms with Gasteiger partial charge in [-0.1, -0.05) is 26.8 Å². The van der Waals surface area contributed by atoms with Crippen molar-refractivity contribution in [3.05, 3.63) is 12.7 Å². The van der Waals surface area contributed by atoms with E-state index in [1.165, 1.54) is 0 Å². The molecule has 0 saturated carbocycles. The predicted octanol–water partition coefficient (Wildman–Crippen LogP) is 3.08. The Balaban J connectivity index is 2.89. The van der Waals surface area contributed by atoms with Crippen LogP contribution in [0, 0.1) is 0 Å². The summed E-state index contributed by atoms with van der Waals surface area (Å²) in [5, 5.41) is 9.60. The third-order valence-electron chi connectivity index (χ3n) is 4.19. The van der Waals surface area contributed by atoms with E-state index in [1.54, 1.807) is 6.08 Å². The largest absolute Gasteiger partial charge is 0.408 e. The Morgan fingerprint density at radius 1 is 1.35 bits per heavy atom. The fourth-order valence-electron chi connectivity index (χ4n) is 2.05. The summed E-state index contributed by atoms with van der Waals surface area (Å²) in [6.07, 6.45) is 0.799. The van der Waals surface area contributed by atoms with E-state index in [-0.39, 0.29) is 30.0 Å². The highest BCUT2D eigenvalue weighted by Crippen LogP contribution is 2.39. The van der Waals surface area contributed by atoms with E-state index in [0.717, 1.165) is 0 Å². The molecule has 118 valence electrons. The zero-order valence-electron chi connectivity index (χ0n) is 13.9. The van der Waals surface area contributed by atoms with E-state index in [4.69, 9.17) is 13.9 Å². The van der Waals surface area contributed by atoms with E-state index in [9.17, 15) is 5.11 Å². The van der Waals surface area contributed by atoms with Crippen molar-refractivity contribution < 1.29 is 19.0 Å².